The highest BCUT2D eigenvalue weighted by Gasteiger charge is 2.05. The molecule has 0 bridgehead atoms. The van der Waals surface area contributed by atoms with Crippen LogP contribution in [0, 0.1) is 11.3 Å². The first-order valence-electron chi connectivity index (χ1n) is 4.19. The van der Waals surface area contributed by atoms with Crippen molar-refractivity contribution >= 4 is 11.8 Å². The van der Waals surface area contributed by atoms with Crippen molar-refractivity contribution in [3.05, 3.63) is 42.6 Å². The van der Waals surface area contributed by atoms with Gasteiger partial charge in [0.15, 0.2) is 5.69 Å². The summed E-state index contributed by atoms with van der Waals surface area (Å²) in [6, 6.07) is 5.73. The maximum Gasteiger partial charge on any atom is 0.173 e. The molecule has 15 heavy (non-hydrogen) atoms. The summed E-state index contributed by atoms with van der Waals surface area (Å²) in [6.07, 6.45) is 6.48. The lowest BCUT2D eigenvalue weighted by molar-refractivity contribution is 1.02. The van der Waals surface area contributed by atoms with E-state index in [4.69, 9.17) is 5.26 Å². The zero-order valence-corrected chi connectivity index (χ0v) is 8.48. The van der Waals surface area contributed by atoms with E-state index in [1.165, 1.54) is 18.0 Å². The lowest BCUT2D eigenvalue weighted by Crippen LogP contribution is -1.89. The van der Waals surface area contributed by atoms with Gasteiger partial charge in [-0.05, 0) is 12.1 Å². The highest BCUT2D eigenvalue weighted by Crippen LogP contribution is 2.26. The Balaban J connectivity index is 2.29. The predicted molar refractivity (Wildman–Crippen MR) is 55.1 cm³/mol. The highest BCUT2D eigenvalue weighted by molar-refractivity contribution is 7.99. The Bertz CT molecular complexity index is 492. The fraction of sp³-hybridized carbons (Fsp3) is 0. The minimum absolute atomic E-state index is 0.347. The fourth-order valence-electron chi connectivity index (χ4n) is 0.995. The van der Waals surface area contributed by atoms with Crippen molar-refractivity contribution in [2.75, 3.05) is 0 Å². The average Bonchev–Trinajstić information content (AvgIpc) is 2.31. The van der Waals surface area contributed by atoms with Crippen LogP contribution < -0.4 is 0 Å². The Morgan fingerprint density at radius 2 is 1.80 bits per heavy atom. The van der Waals surface area contributed by atoms with Crippen LogP contribution in [0.4, 0.5) is 0 Å². The molecule has 0 spiro atoms. The van der Waals surface area contributed by atoms with E-state index in [0.717, 1.165) is 4.90 Å². The van der Waals surface area contributed by atoms with E-state index >= 15 is 0 Å². The van der Waals surface area contributed by atoms with E-state index in [0.29, 0.717) is 10.7 Å². The molecule has 0 aliphatic carbocycles. The standard InChI is InChI=1S/C10H6N4S/c11-7-9-10(14-6-5-13-9)15-8-1-3-12-4-2-8/h1-6H. The van der Waals surface area contributed by atoms with Gasteiger partial charge in [-0.3, -0.25) is 4.98 Å². The average molecular weight is 214 g/mol. The minimum Gasteiger partial charge on any atom is -0.265 e. The van der Waals surface area contributed by atoms with Crippen molar-refractivity contribution in [1.82, 2.24) is 15.0 Å². The van der Waals surface area contributed by atoms with Crippen LogP contribution in [0.5, 0.6) is 0 Å². The molecule has 2 rings (SSSR count). The predicted octanol–water partition coefficient (Wildman–Crippen LogP) is 1.89. The fourth-order valence-corrected chi connectivity index (χ4v) is 1.78. The molecule has 72 valence electrons. The van der Waals surface area contributed by atoms with Crippen LogP contribution in [0.25, 0.3) is 0 Å². The number of rotatable bonds is 2. The van der Waals surface area contributed by atoms with Crippen LogP contribution in [0.2, 0.25) is 0 Å². The molecular formula is C10H6N4S. The molecule has 0 radical (unpaired) electrons. The van der Waals surface area contributed by atoms with Gasteiger partial charge in [0.2, 0.25) is 0 Å². The van der Waals surface area contributed by atoms with Crippen LogP contribution >= 0.6 is 11.8 Å². The van der Waals surface area contributed by atoms with E-state index in [9.17, 15) is 0 Å². The quantitative estimate of drug-likeness (QED) is 0.764. The first-order valence-corrected chi connectivity index (χ1v) is 5.01. The third-order valence-corrected chi connectivity index (χ3v) is 2.63. The Kier molecular flexibility index (Phi) is 2.90. The summed E-state index contributed by atoms with van der Waals surface area (Å²) in [5.74, 6) is 0. The van der Waals surface area contributed by atoms with Gasteiger partial charge in [0.05, 0.1) is 0 Å². The summed E-state index contributed by atoms with van der Waals surface area (Å²) >= 11 is 1.40. The molecule has 0 aromatic carbocycles. The molecule has 0 atom stereocenters. The molecule has 2 aromatic heterocycles. The van der Waals surface area contributed by atoms with Crippen molar-refractivity contribution in [2.24, 2.45) is 0 Å². The maximum atomic E-state index is 8.82. The van der Waals surface area contributed by atoms with Crippen molar-refractivity contribution in [3.8, 4) is 6.07 Å². The SMILES string of the molecule is N#Cc1nccnc1Sc1ccncc1. The van der Waals surface area contributed by atoms with Gasteiger partial charge >= 0.3 is 0 Å². The highest BCUT2D eigenvalue weighted by atomic mass is 32.2. The van der Waals surface area contributed by atoms with Gasteiger partial charge in [0, 0.05) is 29.7 Å². The van der Waals surface area contributed by atoms with Gasteiger partial charge < -0.3 is 0 Å². The zero-order chi connectivity index (χ0) is 10.5. The molecule has 2 aromatic rings. The first-order chi connectivity index (χ1) is 7.40. The summed E-state index contributed by atoms with van der Waals surface area (Å²) in [7, 11) is 0. The van der Waals surface area contributed by atoms with Gasteiger partial charge in [-0.15, -0.1) is 0 Å². The number of aromatic nitrogens is 3. The number of hydrogen-bond donors (Lipinski definition) is 0. The van der Waals surface area contributed by atoms with Gasteiger partial charge in [-0.2, -0.15) is 5.26 Å². The Morgan fingerprint density at radius 3 is 2.53 bits per heavy atom. The summed E-state index contributed by atoms with van der Waals surface area (Å²) in [5, 5.41) is 9.44. The van der Waals surface area contributed by atoms with Crippen molar-refractivity contribution < 1.29 is 0 Å². The molecule has 4 nitrogen and oxygen atoms in total. The lowest BCUT2D eigenvalue weighted by atomic mass is 10.5. The topological polar surface area (TPSA) is 62.5 Å². The summed E-state index contributed by atoms with van der Waals surface area (Å²) in [6.45, 7) is 0. The molecule has 5 heteroatoms. The zero-order valence-electron chi connectivity index (χ0n) is 7.66. The molecule has 0 N–H and O–H groups in total. The van der Waals surface area contributed by atoms with Crippen molar-refractivity contribution in [3.63, 3.8) is 0 Å². The Hall–Kier alpha value is -1.93. The van der Waals surface area contributed by atoms with Crippen LogP contribution in [-0.2, 0) is 0 Å². The van der Waals surface area contributed by atoms with Crippen LogP contribution in [-0.4, -0.2) is 15.0 Å². The normalized spacial score (nSPS) is 9.53. The van der Waals surface area contributed by atoms with Gasteiger partial charge in [0.1, 0.15) is 11.1 Å². The second-order valence-electron chi connectivity index (χ2n) is 2.61. The molecule has 0 aliphatic rings. The number of hydrogen-bond acceptors (Lipinski definition) is 5. The van der Waals surface area contributed by atoms with Crippen molar-refractivity contribution in [2.45, 2.75) is 9.92 Å². The third-order valence-electron chi connectivity index (χ3n) is 1.63. The molecule has 2 heterocycles. The summed E-state index contributed by atoms with van der Waals surface area (Å²) < 4.78 is 0. The molecular weight excluding hydrogens is 208 g/mol. The van der Waals surface area contributed by atoms with Gasteiger partial charge in [-0.25, -0.2) is 9.97 Å². The van der Waals surface area contributed by atoms with Crippen molar-refractivity contribution in [1.29, 1.82) is 5.26 Å². The first kappa shape index (κ1) is 9.62. The molecule has 0 unspecified atom stereocenters. The van der Waals surface area contributed by atoms with Gasteiger partial charge in [0.25, 0.3) is 0 Å². The number of nitrogens with zero attached hydrogens (tertiary/aromatic N) is 4. The monoisotopic (exact) mass is 214 g/mol. The largest absolute Gasteiger partial charge is 0.265 e. The van der Waals surface area contributed by atoms with E-state index in [-0.39, 0.29) is 0 Å². The second kappa shape index (κ2) is 4.53. The number of nitriles is 1. The molecule has 0 fully saturated rings. The summed E-state index contributed by atoms with van der Waals surface area (Å²) in [4.78, 5) is 12.9. The minimum atomic E-state index is 0.347. The Morgan fingerprint density at radius 1 is 1.07 bits per heavy atom. The van der Waals surface area contributed by atoms with Crippen LogP contribution in [0.15, 0.2) is 46.8 Å². The van der Waals surface area contributed by atoms with Gasteiger partial charge in [-0.1, -0.05) is 11.8 Å². The van der Waals surface area contributed by atoms with Crippen LogP contribution in [0.3, 0.4) is 0 Å². The number of pyridine rings is 1. The van der Waals surface area contributed by atoms with E-state index in [1.807, 2.05) is 18.2 Å². The smallest absolute Gasteiger partial charge is 0.173 e. The van der Waals surface area contributed by atoms with E-state index in [1.54, 1.807) is 18.6 Å². The summed E-state index contributed by atoms with van der Waals surface area (Å²) in [5.41, 5.74) is 0.347. The maximum absolute atomic E-state index is 8.82. The molecule has 0 saturated heterocycles. The van der Waals surface area contributed by atoms with Crippen LogP contribution in [0.1, 0.15) is 5.69 Å². The molecule has 0 amide bonds. The molecule has 0 saturated carbocycles. The third kappa shape index (κ3) is 2.30. The lowest BCUT2D eigenvalue weighted by Gasteiger charge is -2.00. The second-order valence-corrected chi connectivity index (χ2v) is 3.67. The van der Waals surface area contributed by atoms with E-state index < -0.39 is 0 Å². The van der Waals surface area contributed by atoms with E-state index in [2.05, 4.69) is 15.0 Å². The molecule has 0 aliphatic heterocycles. The Labute approximate surface area is 91.0 Å².